The van der Waals surface area contributed by atoms with Crippen LogP contribution in [0.5, 0.6) is 0 Å². The highest BCUT2D eigenvalue weighted by Crippen LogP contribution is 2.41. The SMILES string of the molecule is CC(C)=CCCC(C)=CC(=O)C=CC(C)=CC=CC(C)=CC=CC=C(C)C=CC=C(C)C=CC1=C(C)CC(O)CC1(C)C. The molecule has 2 heteroatoms. The van der Waals surface area contributed by atoms with Crippen molar-refractivity contribution in [2.45, 2.75) is 101 Å². The Hall–Kier alpha value is -3.49. The van der Waals surface area contributed by atoms with Crippen LogP contribution in [-0.4, -0.2) is 17.0 Å². The van der Waals surface area contributed by atoms with Crippen LogP contribution in [0.2, 0.25) is 0 Å². The fourth-order valence-corrected chi connectivity index (χ4v) is 4.90. The monoisotopic (exact) mass is 580 g/mol. The van der Waals surface area contributed by atoms with Gasteiger partial charge in [-0.3, -0.25) is 4.79 Å². The Morgan fingerprint density at radius 3 is 1.81 bits per heavy atom. The minimum atomic E-state index is -0.232. The summed E-state index contributed by atoms with van der Waals surface area (Å²) in [6.45, 7) is 21.0. The van der Waals surface area contributed by atoms with Gasteiger partial charge in [0.1, 0.15) is 0 Å². The van der Waals surface area contributed by atoms with Crippen LogP contribution in [0.1, 0.15) is 94.9 Å². The first-order valence-electron chi connectivity index (χ1n) is 15.5. The second kappa shape index (κ2) is 19.7. The third-order valence-electron chi connectivity index (χ3n) is 7.25. The Labute approximate surface area is 263 Å². The Morgan fingerprint density at radius 2 is 1.28 bits per heavy atom. The van der Waals surface area contributed by atoms with Crippen molar-refractivity contribution in [1.82, 2.24) is 0 Å². The zero-order chi connectivity index (χ0) is 32.4. The van der Waals surface area contributed by atoms with Crippen LogP contribution in [0, 0.1) is 5.41 Å². The third-order valence-corrected chi connectivity index (χ3v) is 7.25. The molecule has 0 saturated carbocycles. The molecular weight excluding hydrogens is 524 g/mol. The molecule has 1 atom stereocenters. The molecule has 0 saturated heterocycles. The highest BCUT2D eigenvalue weighted by atomic mass is 16.3. The maximum Gasteiger partial charge on any atom is 0.178 e. The van der Waals surface area contributed by atoms with Gasteiger partial charge in [0.15, 0.2) is 5.78 Å². The molecule has 0 aromatic heterocycles. The number of allylic oxidation sites excluding steroid dienone is 23. The molecule has 232 valence electrons. The Kier molecular flexibility index (Phi) is 17.2. The second-order valence-corrected chi connectivity index (χ2v) is 12.8. The van der Waals surface area contributed by atoms with Gasteiger partial charge in [0.25, 0.3) is 0 Å². The fourth-order valence-electron chi connectivity index (χ4n) is 4.90. The number of aliphatic hydroxyl groups is 1. The van der Waals surface area contributed by atoms with Crippen molar-refractivity contribution in [3.63, 3.8) is 0 Å². The van der Waals surface area contributed by atoms with Gasteiger partial charge >= 0.3 is 0 Å². The molecule has 1 rings (SSSR count). The molecule has 0 fully saturated rings. The molecule has 2 nitrogen and oxygen atoms in total. The van der Waals surface area contributed by atoms with E-state index in [1.165, 1.54) is 27.9 Å². The molecule has 0 radical (unpaired) electrons. The first-order chi connectivity index (χ1) is 20.2. The molecule has 1 aliphatic rings. The number of hydrogen-bond acceptors (Lipinski definition) is 2. The molecule has 0 aromatic carbocycles. The van der Waals surface area contributed by atoms with E-state index in [2.05, 4.69) is 110 Å². The molecule has 43 heavy (non-hydrogen) atoms. The van der Waals surface area contributed by atoms with Crippen LogP contribution in [0.3, 0.4) is 0 Å². The van der Waals surface area contributed by atoms with E-state index in [0.29, 0.717) is 0 Å². The van der Waals surface area contributed by atoms with Crippen molar-refractivity contribution in [3.8, 4) is 0 Å². The minimum Gasteiger partial charge on any atom is -0.393 e. The van der Waals surface area contributed by atoms with E-state index >= 15 is 0 Å². The number of ketones is 1. The van der Waals surface area contributed by atoms with Crippen LogP contribution >= 0.6 is 0 Å². The second-order valence-electron chi connectivity index (χ2n) is 12.8. The van der Waals surface area contributed by atoms with Crippen molar-refractivity contribution >= 4 is 5.78 Å². The summed E-state index contributed by atoms with van der Waals surface area (Å²) < 4.78 is 0. The molecule has 0 bridgehead atoms. The predicted octanol–water partition coefficient (Wildman–Crippen LogP) is 11.3. The van der Waals surface area contributed by atoms with E-state index in [-0.39, 0.29) is 17.3 Å². The number of carbonyl (C=O) groups excluding carboxylic acids is 1. The summed E-state index contributed by atoms with van der Waals surface area (Å²) >= 11 is 0. The van der Waals surface area contributed by atoms with E-state index in [1.807, 2.05) is 44.2 Å². The summed E-state index contributed by atoms with van der Waals surface area (Å²) in [6.07, 6.45) is 35.7. The number of hydrogen-bond donors (Lipinski definition) is 1. The minimum absolute atomic E-state index is 0.000678. The van der Waals surface area contributed by atoms with Crippen LogP contribution in [0.25, 0.3) is 0 Å². The number of rotatable bonds is 14. The van der Waals surface area contributed by atoms with Crippen LogP contribution in [0.4, 0.5) is 0 Å². The van der Waals surface area contributed by atoms with E-state index < -0.39 is 0 Å². The summed E-state index contributed by atoms with van der Waals surface area (Å²) in [5.74, 6) is 0.0304. The number of carbonyl (C=O) groups is 1. The molecular formula is C41H56O2. The van der Waals surface area contributed by atoms with Gasteiger partial charge in [-0.1, -0.05) is 138 Å². The van der Waals surface area contributed by atoms with Crippen LogP contribution in [0.15, 0.2) is 142 Å². The van der Waals surface area contributed by atoms with Gasteiger partial charge in [0.2, 0.25) is 0 Å². The smallest absolute Gasteiger partial charge is 0.178 e. The lowest BCUT2D eigenvalue weighted by Gasteiger charge is -2.35. The predicted molar refractivity (Wildman–Crippen MR) is 190 cm³/mol. The van der Waals surface area contributed by atoms with Crippen molar-refractivity contribution in [3.05, 3.63) is 142 Å². The van der Waals surface area contributed by atoms with Crippen molar-refractivity contribution < 1.29 is 9.90 Å². The average Bonchev–Trinajstić information content (AvgIpc) is 2.88. The van der Waals surface area contributed by atoms with E-state index in [4.69, 9.17) is 0 Å². The summed E-state index contributed by atoms with van der Waals surface area (Å²) in [4.78, 5) is 12.2. The van der Waals surface area contributed by atoms with Crippen molar-refractivity contribution in [1.29, 1.82) is 0 Å². The maximum absolute atomic E-state index is 12.2. The van der Waals surface area contributed by atoms with Gasteiger partial charge in [-0.05, 0) is 104 Å². The molecule has 0 aromatic rings. The molecule has 1 N–H and O–H groups in total. The Bertz CT molecular complexity index is 1310. The van der Waals surface area contributed by atoms with Gasteiger partial charge in [-0.25, -0.2) is 0 Å². The molecule has 0 heterocycles. The van der Waals surface area contributed by atoms with Gasteiger partial charge in [-0.2, -0.15) is 0 Å². The summed E-state index contributed by atoms with van der Waals surface area (Å²) in [5, 5.41) is 10.1. The summed E-state index contributed by atoms with van der Waals surface area (Å²) in [5.41, 5.74) is 9.57. The topological polar surface area (TPSA) is 37.3 Å². The summed E-state index contributed by atoms with van der Waals surface area (Å²) in [7, 11) is 0. The van der Waals surface area contributed by atoms with Crippen LogP contribution in [-0.2, 0) is 4.79 Å². The molecule has 0 aliphatic heterocycles. The van der Waals surface area contributed by atoms with E-state index in [1.54, 1.807) is 12.2 Å². The first-order valence-corrected chi connectivity index (χ1v) is 15.5. The van der Waals surface area contributed by atoms with Gasteiger partial charge in [0.05, 0.1) is 6.10 Å². The Morgan fingerprint density at radius 1 is 0.767 bits per heavy atom. The molecule has 1 aliphatic carbocycles. The highest BCUT2D eigenvalue weighted by Gasteiger charge is 2.31. The molecule has 1 unspecified atom stereocenters. The summed E-state index contributed by atoms with van der Waals surface area (Å²) in [6, 6.07) is 0. The first kappa shape index (κ1) is 37.5. The molecule has 0 amide bonds. The average molecular weight is 581 g/mol. The van der Waals surface area contributed by atoms with Gasteiger partial charge in [0, 0.05) is 0 Å². The van der Waals surface area contributed by atoms with Gasteiger partial charge in [-0.15, -0.1) is 0 Å². The largest absolute Gasteiger partial charge is 0.393 e. The van der Waals surface area contributed by atoms with Gasteiger partial charge < -0.3 is 5.11 Å². The van der Waals surface area contributed by atoms with Crippen molar-refractivity contribution in [2.24, 2.45) is 5.41 Å². The number of aliphatic hydroxyl groups excluding tert-OH is 1. The quantitative estimate of drug-likeness (QED) is 0.126. The lowest BCUT2D eigenvalue weighted by molar-refractivity contribution is -0.110. The van der Waals surface area contributed by atoms with E-state index in [0.717, 1.165) is 42.4 Å². The lowest BCUT2D eigenvalue weighted by Crippen LogP contribution is -2.28. The van der Waals surface area contributed by atoms with Crippen molar-refractivity contribution in [2.75, 3.05) is 0 Å². The Balaban J connectivity index is 2.61. The maximum atomic E-state index is 12.2. The highest BCUT2D eigenvalue weighted by molar-refractivity contribution is 5.99. The zero-order valence-corrected chi connectivity index (χ0v) is 28.5. The van der Waals surface area contributed by atoms with E-state index in [9.17, 15) is 9.90 Å². The fraction of sp³-hybridized carbons (Fsp3) is 0.390. The van der Waals surface area contributed by atoms with Crippen LogP contribution < -0.4 is 0 Å². The zero-order valence-electron chi connectivity index (χ0n) is 28.5. The normalized spacial score (nSPS) is 19.7. The standard InChI is InChI=1S/C41H56O2/c1-31(2)16-13-23-36(7)28-38(42)26-24-34(5)21-14-19-32(3)17-11-12-18-33(4)20-15-22-35(6)25-27-40-37(8)29-39(43)30-41(40,9)10/h11-12,14-22,24-28,39,43H,13,23,29-30H2,1-10H3. The third kappa shape index (κ3) is 17.3. The molecule has 0 spiro atoms. The lowest BCUT2D eigenvalue weighted by atomic mass is 9.71.